The highest BCUT2D eigenvalue weighted by atomic mass is 16.6. The van der Waals surface area contributed by atoms with Crippen LogP contribution >= 0.6 is 0 Å². The van der Waals surface area contributed by atoms with Gasteiger partial charge in [-0.2, -0.15) is 5.26 Å². The number of nitrogens with zero attached hydrogens (tertiary/aromatic N) is 3. The first kappa shape index (κ1) is 19.6. The van der Waals surface area contributed by atoms with Gasteiger partial charge in [0.1, 0.15) is 5.60 Å². The first-order valence-corrected chi connectivity index (χ1v) is 9.38. The topological polar surface area (TPSA) is 73.6 Å². The number of hydrogen-bond donors (Lipinski definition) is 0. The summed E-state index contributed by atoms with van der Waals surface area (Å²) < 4.78 is 5.41. The van der Waals surface area contributed by atoms with E-state index in [1.54, 1.807) is 4.90 Å². The zero-order valence-corrected chi connectivity index (χ0v) is 16.0. The van der Waals surface area contributed by atoms with Crippen LogP contribution in [0.5, 0.6) is 0 Å². The van der Waals surface area contributed by atoms with Gasteiger partial charge in [-0.25, -0.2) is 4.79 Å². The molecular formula is C19H31N3O3. The molecule has 0 bridgehead atoms. The lowest BCUT2D eigenvalue weighted by molar-refractivity contribution is -0.139. The van der Waals surface area contributed by atoms with Crippen LogP contribution in [0.1, 0.15) is 59.8 Å². The number of hydrogen-bond acceptors (Lipinski definition) is 4. The molecule has 0 aromatic heterocycles. The van der Waals surface area contributed by atoms with Crippen LogP contribution < -0.4 is 0 Å². The average molecular weight is 349 g/mol. The van der Waals surface area contributed by atoms with Crippen LogP contribution in [0.25, 0.3) is 0 Å². The molecule has 0 unspecified atom stereocenters. The summed E-state index contributed by atoms with van der Waals surface area (Å²) in [6, 6.07) is 2.36. The van der Waals surface area contributed by atoms with E-state index in [1.807, 2.05) is 25.7 Å². The monoisotopic (exact) mass is 349 g/mol. The van der Waals surface area contributed by atoms with Gasteiger partial charge in [-0.15, -0.1) is 0 Å². The number of piperidine rings is 1. The zero-order valence-electron chi connectivity index (χ0n) is 16.0. The van der Waals surface area contributed by atoms with E-state index in [0.29, 0.717) is 44.8 Å². The molecule has 2 fully saturated rings. The number of carbonyl (C=O) groups excluding carboxylic acids is 2. The highest BCUT2D eigenvalue weighted by Crippen LogP contribution is 2.36. The standard InChI is InChI=1S/C19H31N3O3/c1-14(15-6-7-15)22(11-5-10-20)17(23)16-8-12-21(13-9-16)18(24)25-19(2,3)4/h14-16H,5-9,11-13H2,1-4H3/t14-/m1/s1. The fourth-order valence-electron chi connectivity index (χ4n) is 3.39. The molecule has 1 saturated heterocycles. The lowest BCUT2D eigenvalue weighted by Crippen LogP contribution is -2.48. The third-order valence-corrected chi connectivity index (χ3v) is 5.04. The summed E-state index contributed by atoms with van der Waals surface area (Å²) >= 11 is 0. The number of likely N-dealkylation sites (tertiary alicyclic amines) is 1. The summed E-state index contributed by atoms with van der Waals surface area (Å²) in [5, 5.41) is 8.89. The third kappa shape index (κ3) is 5.62. The van der Waals surface area contributed by atoms with E-state index in [2.05, 4.69) is 13.0 Å². The molecule has 140 valence electrons. The van der Waals surface area contributed by atoms with Gasteiger partial charge in [0, 0.05) is 31.6 Å². The number of carbonyl (C=O) groups is 2. The fourth-order valence-corrected chi connectivity index (χ4v) is 3.39. The predicted molar refractivity (Wildman–Crippen MR) is 94.7 cm³/mol. The lowest BCUT2D eigenvalue weighted by Gasteiger charge is -2.37. The largest absolute Gasteiger partial charge is 0.444 e. The lowest BCUT2D eigenvalue weighted by atomic mass is 9.94. The van der Waals surface area contributed by atoms with Crippen LogP contribution in [0.2, 0.25) is 0 Å². The van der Waals surface area contributed by atoms with E-state index in [-0.39, 0.29) is 24.0 Å². The van der Waals surface area contributed by atoms with Crippen molar-refractivity contribution in [1.82, 2.24) is 9.80 Å². The second-order valence-corrected chi connectivity index (χ2v) is 8.26. The Morgan fingerprint density at radius 3 is 2.32 bits per heavy atom. The molecule has 1 aliphatic heterocycles. The highest BCUT2D eigenvalue weighted by molar-refractivity contribution is 5.79. The highest BCUT2D eigenvalue weighted by Gasteiger charge is 2.38. The number of amides is 2. The Morgan fingerprint density at radius 2 is 1.84 bits per heavy atom. The summed E-state index contributed by atoms with van der Waals surface area (Å²) in [5.41, 5.74) is -0.502. The normalized spacial score (nSPS) is 19.9. The molecule has 6 heteroatoms. The zero-order chi connectivity index (χ0) is 18.6. The van der Waals surface area contributed by atoms with Gasteiger partial charge in [0.15, 0.2) is 0 Å². The Morgan fingerprint density at radius 1 is 1.24 bits per heavy atom. The Balaban J connectivity index is 1.90. The van der Waals surface area contributed by atoms with E-state index in [0.717, 1.165) is 0 Å². The third-order valence-electron chi connectivity index (χ3n) is 5.04. The SMILES string of the molecule is C[C@H](C1CC1)N(CCC#N)C(=O)C1CCN(C(=O)OC(C)(C)C)CC1. The second kappa shape index (κ2) is 8.07. The second-order valence-electron chi connectivity index (χ2n) is 8.26. The minimum atomic E-state index is -0.502. The summed E-state index contributed by atoms with van der Waals surface area (Å²) in [6.07, 6.45) is 3.76. The smallest absolute Gasteiger partial charge is 0.410 e. The molecule has 1 atom stereocenters. The van der Waals surface area contributed by atoms with Crippen molar-refractivity contribution in [3.63, 3.8) is 0 Å². The molecule has 2 amide bonds. The van der Waals surface area contributed by atoms with Crippen molar-refractivity contribution in [2.45, 2.75) is 71.4 Å². The number of ether oxygens (including phenoxy) is 1. The Labute approximate surface area is 151 Å². The van der Waals surface area contributed by atoms with Gasteiger partial charge in [-0.1, -0.05) is 0 Å². The van der Waals surface area contributed by atoms with E-state index < -0.39 is 5.60 Å². The van der Waals surface area contributed by atoms with Crippen molar-refractivity contribution < 1.29 is 14.3 Å². The van der Waals surface area contributed by atoms with Crippen molar-refractivity contribution in [3.8, 4) is 6.07 Å². The maximum Gasteiger partial charge on any atom is 0.410 e. The van der Waals surface area contributed by atoms with E-state index in [9.17, 15) is 9.59 Å². The van der Waals surface area contributed by atoms with E-state index in [4.69, 9.17) is 10.00 Å². The molecule has 1 aliphatic carbocycles. The fraction of sp³-hybridized carbons (Fsp3) is 0.842. The summed E-state index contributed by atoms with van der Waals surface area (Å²) in [4.78, 5) is 28.7. The quantitative estimate of drug-likeness (QED) is 0.764. The van der Waals surface area contributed by atoms with Crippen LogP contribution in [0.4, 0.5) is 4.79 Å². The summed E-state index contributed by atoms with van der Waals surface area (Å²) in [5.74, 6) is 0.682. The van der Waals surface area contributed by atoms with Gasteiger partial charge in [-0.3, -0.25) is 4.79 Å². The molecule has 6 nitrogen and oxygen atoms in total. The van der Waals surface area contributed by atoms with Crippen molar-refractivity contribution in [2.75, 3.05) is 19.6 Å². The number of rotatable bonds is 5. The van der Waals surface area contributed by atoms with Crippen LogP contribution in [-0.4, -0.2) is 53.1 Å². The Bertz CT molecular complexity index is 523. The minimum absolute atomic E-state index is 0.0569. The van der Waals surface area contributed by atoms with Crippen molar-refractivity contribution >= 4 is 12.0 Å². The minimum Gasteiger partial charge on any atom is -0.444 e. The first-order valence-electron chi connectivity index (χ1n) is 9.38. The van der Waals surface area contributed by atoms with E-state index >= 15 is 0 Å². The van der Waals surface area contributed by atoms with Gasteiger partial charge >= 0.3 is 6.09 Å². The van der Waals surface area contributed by atoms with E-state index in [1.165, 1.54) is 12.8 Å². The molecule has 0 spiro atoms. The van der Waals surface area contributed by atoms with Gasteiger partial charge in [-0.05, 0) is 59.3 Å². The van der Waals surface area contributed by atoms with Gasteiger partial charge in [0.25, 0.3) is 0 Å². The molecule has 0 aromatic carbocycles. The maximum atomic E-state index is 13.0. The molecule has 0 N–H and O–H groups in total. The van der Waals surface area contributed by atoms with Gasteiger partial charge < -0.3 is 14.5 Å². The number of nitriles is 1. The van der Waals surface area contributed by atoms with Crippen molar-refractivity contribution in [1.29, 1.82) is 5.26 Å². The summed E-state index contributed by atoms with van der Waals surface area (Å²) in [7, 11) is 0. The predicted octanol–water partition coefficient (Wildman–Crippen LogP) is 3.17. The van der Waals surface area contributed by atoms with Crippen LogP contribution in [0.3, 0.4) is 0 Å². The molecule has 0 aromatic rings. The molecule has 2 rings (SSSR count). The summed E-state index contributed by atoms with van der Waals surface area (Å²) in [6.45, 7) is 9.28. The van der Waals surface area contributed by atoms with Crippen LogP contribution in [0, 0.1) is 23.2 Å². The van der Waals surface area contributed by atoms with Crippen molar-refractivity contribution in [3.05, 3.63) is 0 Å². The maximum absolute atomic E-state index is 13.0. The van der Waals surface area contributed by atoms with Gasteiger partial charge in [0.2, 0.25) is 5.91 Å². The van der Waals surface area contributed by atoms with Crippen LogP contribution in [-0.2, 0) is 9.53 Å². The molecular weight excluding hydrogens is 318 g/mol. The Hall–Kier alpha value is -1.77. The first-order chi connectivity index (χ1) is 11.7. The van der Waals surface area contributed by atoms with Gasteiger partial charge in [0.05, 0.1) is 12.5 Å². The average Bonchev–Trinajstić information content (AvgIpc) is 3.38. The van der Waals surface area contributed by atoms with Crippen LogP contribution in [0.15, 0.2) is 0 Å². The molecule has 2 aliphatic rings. The van der Waals surface area contributed by atoms with Crippen molar-refractivity contribution in [2.24, 2.45) is 11.8 Å². The molecule has 1 saturated carbocycles. The Kier molecular flexibility index (Phi) is 6.31. The molecule has 25 heavy (non-hydrogen) atoms. The molecule has 1 heterocycles. The molecule has 0 radical (unpaired) electrons.